The molecule has 0 aliphatic heterocycles. The molecular weight excluding hydrogens is 344 g/mol. The van der Waals surface area contributed by atoms with E-state index in [9.17, 15) is 0 Å². The summed E-state index contributed by atoms with van der Waals surface area (Å²) in [6, 6.07) is 10.1. The Hall–Kier alpha value is -0.510. The molecule has 0 saturated carbocycles. The van der Waals surface area contributed by atoms with Gasteiger partial charge >= 0.3 is 0 Å². The number of benzene rings is 1. The molecule has 1 heterocycles. The first kappa shape index (κ1) is 14.9. The van der Waals surface area contributed by atoms with E-state index in [1.165, 1.54) is 4.88 Å². The van der Waals surface area contributed by atoms with Crippen LogP contribution in [0.2, 0.25) is 0 Å². The summed E-state index contributed by atoms with van der Waals surface area (Å²) in [4.78, 5) is 2.39. The Labute approximate surface area is 131 Å². The quantitative estimate of drug-likeness (QED) is 0.614. The van der Waals surface area contributed by atoms with E-state index in [0.717, 1.165) is 20.7 Å². The molecule has 0 aliphatic rings. The first-order chi connectivity index (χ1) is 8.97. The molecule has 4 heteroatoms. The van der Waals surface area contributed by atoms with Crippen LogP contribution in [-0.2, 0) is 0 Å². The summed E-state index contributed by atoms with van der Waals surface area (Å²) in [5, 5.41) is -0.149. The van der Waals surface area contributed by atoms with Gasteiger partial charge in [0.2, 0.25) is 0 Å². The predicted molar refractivity (Wildman–Crippen MR) is 86.7 cm³/mol. The lowest BCUT2D eigenvalue weighted by Crippen LogP contribution is -2.05. The van der Waals surface area contributed by atoms with Gasteiger partial charge in [0.1, 0.15) is 5.75 Å². The molecule has 0 spiro atoms. The van der Waals surface area contributed by atoms with Crippen LogP contribution in [0.15, 0.2) is 34.8 Å². The lowest BCUT2D eigenvalue weighted by molar-refractivity contribution is 0.242. The average molecular weight is 360 g/mol. The molecule has 0 amide bonds. The maximum Gasteiger partial charge on any atom is 0.120 e. The summed E-state index contributed by atoms with van der Waals surface area (Å²) in [5.41, 5.74) is 1.06. The summed E-state index contributed by atoms with van der Waals surface area (Å²) < 4.78 is 6.78. The minimum Gasteiger partial charge on any atom is -0.491 e. The largest absolute Gasteiger partial charge is 0.491 e. The van der Waals surface area contributed by atoms with E-state index in [4.69, 9.17) is 16.3 Å². The van der Waals surface area contributed by atoms with Crippen LogP contribution < -0.4 is 4.74 Å². The average Bonchev–Trinajstić information content (AvgIpc) is 2.67. The van der Waals surface area contributed by atoms with Crippen molar-refractivity contribution in [3.05, 3.63) is 50.1 Å². The van der Waals surface area contributed by atoms with Gasteiger partial charge in [0, 0.05) is 14.2 Å². The van der Waals surface area contributed by atoms with Crippen molar-refractivity contribution >= 4 is 38.9 Å². The molecule has 1 aromatic carbocycles. The lowest BCUT2D eigenvalue weighted by atomic mass is 10.1. The monoisotopic (exact) mass is 358 g/mol. The van der Waals surface area contributed by atoms with Crippen molar-refractivity contribution in [3.63, 3.8) is 0 Å². The summed E-state index contributed by atoms with van der Waals surface area (Å²) >= 11 is 11.9. The van der Waals surface area contributed by atoms with Crippen molar-refractivity contribution in [2.75, 3.05) is 0 Å². The number of aryl methyl sites for hydroxylation is 1. The Morgan fingerprint density at radius 3 is 2.58 bits per heavy atom. The first-order valence-electron chi connectivity index (χ1n) is 6.14. The first-order valence-corrected chi connectivity index (χ1v) is 8.18. The number of ether oxygens (including phenoxy) is 1. The van der Waals surface area contributed by atoms with Crippen LogP contribution in [0.5, 0.6) is 5.75 Å². The molecule has 1 aromatic heterocycles. The highest BCUT2D eigenvalue weighted by molar-refractivity contribution is 9.10. The summed E-state index contributed by atoms with van der Waals surface area (Å²) in [6.07, 6.45) is 0.166. The van der Waals surface area contributed by atoms with E-state index < -0.39 is 0 Å². The van der Waals surface area contributed by atoms with Crippen molar-refractivity contribution in [2.45, 2.75) is 32.3 Å². The fourth-order valence-electron chi connectivity index (χ4n) is 1.84. The summed E-state index contributed by atoms with van der Waals surface area (Å²) in [5.74, 6) is 0.863. The van der Waals surface area contributed by atoms with Gasteiger partial charge in [0.25, 0.3) is 0 Å². The summed E-state index contributed by atoms with van der Waals surface area (Å²) in [7, 11) is 0. The minimum absolute atomic E-state index is 0.149. The number of hydrogen-bond donors (Lipinski definition) is 0. The van der Waals surface area contributed by atoms with Gasteiger partial charge in [-0.3, -0.25) is 0 Å². The molecule has 102 valence electrons. The van der Waals surface area contributed by atoms with E-state index in [-0.39, 0.29) is 11.5 Å². The van der Waals surface area contributed by atoms with Gasteiger partial charge in [-0.1, -0.05) is 12.1 Å². The standard InChI is InChI=1S/C15H16BrClOS/c1-9(2)18-12-6-4-5-11(8-12)14(17)15-13(16)7-10(3)19-15/h4-9,14H,1-3H3. The highest BCUT2D eigenvalue weighted by atomic mass is 79.9. The Kier molecular flexibility index (Phi) is 4.93. The van der Waals surface area contributed by atoms with E-state index in [2.05, 4.69) is 28.9 Å². The second kappa shape index (κ2) is 6.29. The number of hydrogen-bond acceptors (Lipinski definition) is 2. The highest BCUT2D eigenvalue weighted by Crippen LogP contribution is 2.40. The predicted octanol–water partition coefficient (Wildman–Crippen LogP) is 5.93. The van der Waals surface area contributed by atoms with Crippen LogP contribution in [0.25, 0.3) is 0 Å². The molecular formula is C15H16BrClOS. The van der Waals surface area contributed by atoms with E-state index >= 15 is 0 Å². The van der Waals surface area contributed by atoms with Gasteiger partial charge in [0.05, 0.1) is 11.5 Å². The molecule has 2 aromatic rings. The Bertz CT molecular complexity index is 565. The lowest BCUT2D eigenvalue weighted by Gasteiger charge is -2.13. The minimum atomic E-state index is -0.149. The van der Waals surface area contributed by atoms with E-state index in [0.29, 0.717) is 0 Å². The zero-order chi connectivity index (χ0) is 14.0. The van der Waals surface area contributed by atoms with Crippen molar-refractivity contribution in [1.82, 2.24) is 0 Å². The van der Waals surface area contributed by atoms with Crippen LogP contribution in [0.3, 0.4) is 0 Å². The molecule has 1 atom stereocenters. The Morgan fingerprint density at radius 1 is 1.26 bits per heavy atom. The topological polar surface area (TPSA) is 9.23 Å². The second-order valence-corrected chi connectivity index (χ2v) is 7.25. The zero-order valence-electron chi connectivity index (χ0n) is 11.1. The molecule has 1 unspecified atom stereocenters. The van der Waals surface area contributed by atoms with E-state index in [1.807, 2.05) is 38.1 Å². The van der Waals surface area contributed by atoms with Gasteiger partial charge in [-0.2, -0.15) is 0 Å². The van der Waals surface area contributed by atoms with Crippen LogP contribution in [0, 0.1) is 6.92 Å². The van der Waals surface area contributed by atoms with E-state index in [1.54, 1.807) is 11.3 Å². The molecule has 2 rings (SSSR count). The van der Waals surface area contributed by atoms with Crippen LogP contribution in [0.4, 0.5) is 0 Å². The molecule has 0 aliphatic carbocycles. The SMILES string of the molecule is Cc1cc(Br)c(C(Cl)c2cccc(OC(C)C)c2)s1. The molecule has 0 radical (unpaired) electrons. The number of rotatable bonds is 4. The number of halogens is 2. The Morgan fingerprint density at radius 2 is 2.00 bits per heavy atom. The van der Waals surface area contributed by atoms with Gasteiger partial charge in [-0.25, -0.2) is 0 Å². The van der Waals surface area contributed by atoms with Gasteiger partial charge in [-0.05, 0) is 60.5 Å². The number of thiophene rings is 1. The molecule has 0 saturated heterocycles. The number of alkyl halides is 1. The third-order valence-electron chi connectivity index (χ3n) is 2.59. The summed E-state index contributed by atoms with van der Waals surface area (Å²) in [6.45, 7) is 6.12. The molecule has 1 nitrogen and oxygen atoms in total. The van der Waals surface area contributed by atoms with Gasteiger partial charge < -0.3 is 4.74 Å². The van der Waals surface area contributed by atoms with Crippen molar-refractivity contribution in [1.29, 1.82) is 0 Å². The highest BCUT2D eigenvalue weighted by Gasteiger charge is 2.17. The second-order valence-electron chi connectivity index (χ2n) is 4.67. The normalized spacial score (nSPS) is 12.7. The zero-order valence-corrected chi connectivity index (χ0v) is 14.3. The smallest absolute Gasteiger partial charge is 0.120 e. The fourth-order valence-corrected chi connectivity index (χ4v) is 4.25. The maximum absolute atomic E-state index is 6.58. The van der Waals surface area contributed by atoms with Crippen molar-refractivity contribution < 1.29 is 4.74 Å². The van der Waals surface area contributed by atoms with Crippen molar-refractivity contribution in [2.24, 2.45) is 0 Å². The molecule has 0 fully saturated rings. The maximum atomic E-state index is 6.58. The van der Waals surface area contributed by atoms with Gasteiger partial charge in [0.15, 0.2) is 0 Å². The van der Waals surface area contributed by atoms with Crippen LogP contribution in [0.1, 0.15) is 34.5 Å². The Balaban J connectivity index is 2.28. The third-order valence-corrected chi connectivity index (χ3v) is 5.22. The molecule has 0 N–H and O–H groups in total. The van der Waals surface area contributed by atoms with Crippen LogP contribution >= 0.6 is 38.9 Å². The fraction of sp³-hybridized carbons (Fsp3) is 0.333. The van der Waals surface area contributed by atoms with Gasteiger partial charge in [-0.15, -0.1) is 22.9 Å². The van der Waals surface area contributed by atoms with Crippen LogP contribution in [-0.4, -0.2) is 6.10 Å². The van der Waals surface area contributed by atoms with Crippen molar-refractivity contribution in [3.8, 4) is 5.75 Å². The molecule has 19 heavy (non-hydrogen) atoms. The third kappa shape index (κ3) is 3.74. The molecule has 0 bridgehead atoms.